The second-order valence-corrected chi connectivity index (χ2v) is 2.44. The Morgan fingerprint density at radius 1 is 1.67 bits per heavy atom. The average molecular weight is 174 g/mol. The Labute approximate surface area is 67.6 Å². The van der Waals surface area contributed by atoms with E-state index >= 15 is 0 Å². The van der Waals surface area contributed by atoms with Gasteiger partial charge in [-0.3, -0.25) is 4.79 Å². The topological polar surface area (TPSA) is 34.9 Å². The first-order valence-electron chi connectivity index (χ1n) is 3.41. The van der Waals surface area contributed by atoms with Crippen molar-refractivity contribution in [2.75, 3.05) is 0 Å². The molecule has 0 radical (unpaired) electrons. The van der Waals surface area contributed by atoms with Crippen molar-refractivity contribution in [1.29, 1.82) is 0 Å². The molecular weight excluding hydrogens is 166 g/mol. The minimum absolute atomic E-state index is 0.490. The predicted molar refractivity (Wildman–Crippen MR) is 39.2 cm³/mol. The van der Waals surface area contributed by atoms with Crippen molar-refractivity contribution in [3.8, 4) is 0 Å². The van der Waals surface area contributed by atoms with Crippen LogP contribution in [0.1, 0.15) is 5.56 Å². The van der Waals surface area contributed by atoms with Gasteiger partial charge in [0.15, 0.2) is 0 Å². The van der Waals surface area contributed by atoms with E-state index in [1.54, 1.807) is 6.92 Å². The molecule has 0 aliphatic carbocycles. The van der Waals surface area contributed by atoms with E-state index in [4.69, 9.17) is 0 Å². The van der Waals surface area contributed by atoms with Crippen LogP contribution in [0.2, 0.25) is 0 Å². The first-order valence-corrected chi connectivity index (χ1v) is 3.41. The van der Waals surface area contributed by atoms with Gasteiger partial charge >= 0.3 is 0 Å². The highest BCUT2D eigenvalue weighted by Crippen LogP contribution is 1.94. The molecule has 0 amide bonds. The summed E-state index contributed by atoms with van der Waals surface area (Å²) in [6.07, 6.45) is -1.16. The zero-order valence-electron chi connectivity index (χ0n) is 6.50. The number of hydrogen-bond acceptors (Lipinski definition) is 2. The summed E-state index contributed by atoms with van der Waals surface area (Å²) < 4.78 is 24.4. The molecule has 0 saturated heterocycles. The van der Waals surface area contributed by atoms with E-state index in [0.29, 0.717) is 5.56 Å². The van der Waals surface area contributed by atoms with E-state index in [1.807, 2.05) is 0 Å². The van der Waals surface area contributed by atoms with Crippen LogP contribution in [0.4, 0.5) is 8.78 Å². The number of nitrogens with zero attached hydrogens (tertiary/aromatic N) is 2. The van der Waals surface area contributed by atoms with Gasteiger partial charge in [0.25, 0.3) is 12.0 Å². The quantitative estimate of drug-likeness (QED) is 0.665. The lowest BCUT2D eigenvalue weighted by Gasteiger charge is -2.01. The Morgan fingerprint density at radius 2 is 2.33 bits per heavy atom. The summed E-state index contributed by atoms with van der Waals surface area (Å²) in [6.45, 7) is 1.04. The fourth-order valence-electron chi connectivity index (χ4n) is 0.792. The van der Waals surface area contributed by atoms with Crippen molar-refractivity contribution in [2.45, 2.75) is 19.9 Å². The summed E-state index contributed by atoms with van der Waals surface area (Å²) in [7, 11) is 0. The van der Waals surface area contributed by atoms with Gasteiger partial charge in [-0.2, -0.15) is 5.10 Å². The van der Waals surface area contributed by atoms with Crippen molar-refractivity contribution >= 4 is 0 Å². The van der Waals surface area contributed by atoms with Crippen molar-refractivity contribution in [1.82, 2.24) is 9.78 Å². The predicted octanol–water partition coefficient (Wildman–Crippen LogP) is 0.817. The van der Waals surface area contributed by atoms with E-state index in [0.717, 1.165) is 4.68 Å². The normalized spacial score (nSPS) is 10.7. The summed E-state index contributed by atoms with van der Waals surface area (Å²) >= 11 is 0. The standard InChI is InChI=1S/C7H8F2N2O/c1-5-2-7(12)11(10-3-5)4-6(8)9/h2-3,6H,4H2,1H3. The summed E-state index contributed by atoms with van der Waals surface area (Å²) in [5.41, 5.74) is 0.181. The zero-order chi connectivity index (χ0) is 9.14. The van der Waals surface area contributed by atoms with Gasteiger partial charge in [-0.1, -0.05) is 0 Å². The Hall–Kier alpha value is -1.26. The number of alkyl halides is 2. The fourth-order valence-corrected chi connectivity index (χ4v) is 0.792. The molecule has 0 spiro atoms. The van der Waals surface area contributed by atoms with E-state index in [9.17, 15) is 13.6 Å². The second-order valence-electron chi connectivity index (χ2n) is 2.44. The summed E-state index contributed by atoms with van der Waals surface area (Å²) in [5, 5.41) is 3.54. The van der Waals surface area contributed by atoms with Crippen molar-refractivity contribution in [3.63, 3.8) is 0 Å². The molecular formula is C7H8F2N2O. The number of rotatable bonds is 2. The van der Waals surface area contributed by atoms with Gasteiger partial charge in [0, 0.05) is 6.07 Å². The highest BCUT2D eigenvalue weighted by atomic mass is 19.3. The smallest absolute Gasteiger partial charge is 0.267 e. The first-order chi connectivity index (χ1) is 5.59. The van der Waals surface area contributed by atoms with Crippen LogP contribution < -0.4 is 5.56 Å². The van der Waals surface area contributed by atoms with Crippen LogP contribution in [0, 0.1) is 6.92 Å². The monoisotopic (exact) mass is 174 g/mol. The largest absolute Gasteiger partial charge is 0.268 e. The number of aryl methyl sites for hydroxylation is 1. The molecule has 0 aromatic carbocycles. The molecule has 0 aliphatic rings. The van der Waals surface area contributed by atoms with Gasteiger partial charge in [0.2, 0.25) is 0 Å². The van der Waals surface area contributed by atoms with Gasteiger partial charge in [0.1, 0.15) is 6.54 Å². The fraction of sp³-hybridized carbons (Fsp3) is 0.429. The molecule has 0 saturated carbocycles. The summed E-state index contributed by atoms with van der Waals surface area (Å²) in [5.74, 6) is 0. The van der Waals surface area contributed by atoms with Gasteiger partial charge in [-0.15, -0.1) is 0 Å². The number of aromatic nitrogens is 2. The van der Waals surface area contributed by atoms with Gasteiger partial charge < -0.3 is 0 Å². The molecule has 1 rings (SSSR count). The molecule has 0 aliphatic heterocycles. The van der Waals surface area contributed by atoms with E-state index in [2.05, 4.69) is 5.10 Å². The maximum Gasteiger partial charge on any atom is 0.267 e. The number of halogens is 2. The van der Waals surface area contributed by atoms with Crippen LogP contribution in [0.3, 0.4) is 0 Å². The van der Waals surface area contributed by atoms with Gasteiger partial charge in [-0.05, 0) is 12.5 Å². The lowest BCUT2D eigenvalue weighted by molar-refractivity contribution is 0.119. The van der Waals surface area contributed by atoms with Crippen LogP contribution >= 0.6 is 0 Å². The Morgan fingerprint density at radius 3 is 2.83 bits per heavy atom. The van der Waals surface area contributed by atoms with Crippen molar-refractivity contribution in [2.24, 2.45) is 0 Å². The zero-order valence-corrected chi connectivity index (χ0v) is 6.50. The highest BCUT2D eigenvalue weighted by Gasteiger charge is 2.05. The Kier molecular flexibility index (Phi) is 2.52. The minimum atomic E-state index is -2.54. The minimum Gasteiger partial charge on any atom is -0.268 e. The van der Waals surface area contributed by atoms with E-state index in [-0.39, 0.29) is 0 Å². The summed E-state index contributed by atoms with van der Waals surface area (Å²) in [6, 6.07) is 1.27. The lowest BCUT2D eigenvalue weighted by Crippen LogP contribution is -2.25. The Balaban J connectivity index is 2.94. The molecule has 1 aromatic rings. The highest BCUT2D eigenvalue weighted by molar-refractivity contribution is 5.02. The van der Waals surface area contributed by atoms with Gasteiger partial charge in [-0.25, -0.2) is 13.5 Å². The van der Waals surface area contributed by atoms with Crippen LogP contribution in [0.5, 0.6) is 0 Å². The molecule has 0 unspecified atom stereocenters. The third-order valence-electron chi connectivity index (χ3n) is 1.32. The Bertz CT molecular complexity index is 321. The number of hydrogen-bond donors (Lipinski definition) is 0. The molecule has 66 valence electrons. The first kappa shape index (κ1) is 8.83. The molecule has 1 heterocycles. The third-order valence-corrected chi connectivity index (χ3v) is 1.32. The van der Waals surface area contributed by atoms with Crippen LogP contribution in [0.25, 0.3) is 0 Å². The molecule has 5 heteroatoms. The van der Waals surface area contributed by atoms with E-state index < -0.39 is 18.5 Å². The lowest BCUT2D eigenvalue weighted by atomic mass is 10.3. The van der Waals surface area contributed by atoms with Gasteiger partial charge in [0.05, 0.1) is 6.20 Å². The molecule has 0 atom stereocenters. The van der Waals surface area contributed by atoms with Crippen molar-refractivity contribution in [3.05, 3.63) is 28.2 Å². The SMILES string of the molecule is Cc1cnn(CC(F)F)c(=O)c1. The molecule has 3 nitrogen and oxygen atoms in total. The molecule has 0 bridgehead atoms. The van der Waals surface area contributed by atoms with Crippen molar-refractivity contribution < 1.29 is 8.78 Å². The molecule has 0 N–H and O–H groups in total. The average Bonchev–Trinajstić information content (AvgIpc) is 1.94. The van der Waals surface area contributed by atoms with E-state index in [1.165, 1.54) is 12.3 Å². The molecule has 0 fully saturated rings. The van der Waals surface area contributed by atoms with Crippen LogP contribution in [0.15, 0.2) is 17.1 Å². The van der Waals surface area contributed by atoms with Crippen LogP contribution in [-0.4, -0.2) is 16.2 Å². The molecule has 12 heavy (non-hydrogen) atoms. The second kappa shape index (κ2) is 3.42. The summed E-state index contributed by atoms with van der Waals surface area (Å²) in [4.78, 5) is 10.9. The third kappa shape index (κ3) is 2.11. The maximum atomic E-state index is 11.8. The van der Waals surface area contributed by atoms with Crippen LogP contribution in [-0.2, 0) is 6.54 Å². The molecule has 1 aromatic heterocycles. The maximum absolute atomic E-state index is 11.8.